The van der Waals surface area contributed by atoms with Gasteiger partial charge in [-0.1, -0.05) is 29.8 Å². The summed E-state index contributed by atoms with van der Waals surface area (Å²) in [5.74, 6) is 1.28. The average molecular weight is 503 g/mol. The fourth-order valence-electron chi connectivity index (χ4n) is 6.26. The van der Waals surface area contributed by atoms with Crippen LogP contribution in [-0.2, 0) is 13.0 Å². The first kappa shape index (κ1) is 24.1. The van der Waals surface area contributed by atoms with Crippen LogP contribution in [0.2, 0.25) is 0 Å². The Bertz CT molecular complexity index is 1290. The van der Waals surface area contributed by atoms with Gasteiger partial charge in [-0.15, -0.1) is 11.3 Å². The lowest BCUT2D eigenvalue weighted by atomic mass is 9.83. The number of hydrogen-bond donors (Lipinski definition) is 1. The zero-order valence-corrected chi connectivity index (χ0v) is 22.7. The minimum Gasteiger partial charge on any atom is -0.390 e. The molecule has 0 spiro atoms. The lowest BCUT2D eigenvalue weighted by molar-refractivity contribution is -0.0135. The molecule has 0 saturated carbocycles. The third kappa shape index (κ3) is 4.59. The van der Waals surface area contributed by atoms with Crippen molar-refractivity contribution in [3.05, 3.63) is 45.8 Å². The van der Waals surface area contributed by atoms with Crippen molar-refractivity contribution < 1.29 is 5.11 Å². The first-order chi connectivity index (χ1) is 17.4. The number of thiophene rings is 1. The number of fused-ring (bicyclic) bond motifs is 2. The summed E-state index contributed by atoms with van der Waals surface area (Å²) in [6.07, 6.45) is 9.21. The van der Waals surface area contributed by atoms with E-state index in [1.807, 2.05) is 13.8 Å². The van der Waals surface area contributed by atoms with Crippen molar-refractivity contribution in [3.63, 3.8) is 0 Å². The van der Waals surface area contributed by atoms with E-state index >= 15 is 0 Å². The van der Waals surface area contributed by atoms with Gasteiger partial charge in [0.15, 0.2) is 0 Å². The summed E-state index contributed by atoms with van der Waals surface area (Å²) >= 11 is 1.80. The van der Waals surface area contributed by atoms with E-state index in [-0.39, 0.29) is 0 Å². The largest absolute Gasteiger partial charge is 0.390 e. The van der Waals surface area contributed by atoms with Crippen LogP contribution in [0.3, 0.4) is 0 Å². The highest BCUT2D eigenvalue weighted by molar-refractivity contribution is 7.17. The molecule has 3 aliphatic rings. The molecule has 2 saturated heterocycles. The lowest BCUT2D eigenvalue weighted by Crippen LogP contribution is -2.41. The molecule has 4 heterocycles. The molecule has 36 heavy (non-hydrogen) atoms. The predicted octanol–water partition coefficient (Wildman–Crippen LogP) is 6.29. The third-order valence-corrected chi connectivity index (χ3v) is 9.43. The second-order valence-corrected chi connectivity index (χ2v) is 12.5. The lowest BCUT2D eigenvalue weighted by Gasteiger charge is -2.37. The number of anilines is 1. The molecule has 190 valence electrons. The molecular weight excluding hydrogens is 464 g/mol. The highest BCUT2D eigenvalue weighted by atomic mass is 32.1. The van der Waals surface area contributed by atoms with Crippen molar-refractivity contribution in [2.75, 3.05) is 31.1 Å². The molecule has 0 amide bonds. The fraction of sp³-hybridized carbons (Fsp3) is 0.533. The van der Waals surface area contributed by atoms with Gasteiger partial charge >= 0.3 is 0 Å². The Morgan fingerprint density at radius 3 is 2.58 bits per heavy atom. The number of hydrogen-bond acceptors (Lipinski definition) is 6. The maximum absolute atomic E-state index is 10.5. The number of aromatic nitrogens is 2. The van der Waals surface area contributed by atoms with Gasteiger partial charge in [-0.05, 0) is 94.8 Å². The molecule has 5 nitrogen and oxygen atoms in total. The first-order valence-electron chi connectivity index (χ1n) is 13.6. The molecule has 0 unspecified atom stereocenters. The number of rotatable bonds is 5. The van der Waals surface area contributed by atoms with E-state index in [2.05, 4.69) is 46.4 Å². The summed E-state index contributed by atoms with van der Waals surface area (Å²) in [7, 11) is 0. The maximum atomic E-state index is 10.5. The summed E-state index contributed by atoms with van der Waals surface area (Å²) in [6, 6.07) is 6.69. The molecule has 0 bridgehead atoms. The van der Waals surface area contributed by atoms with Crippen molar-refractivity contribution in [2.45, 2.75) is 71.4 Å². The topological polar surface area (TPSA) is 52.5 Å². The van der Waals surface area contributed by atoms with Crippen LogP contribution in [0.5, 0.6) is 0 Å². The van der Waals surface area contributed by atoms with E-state index in [9.17, 15) is 5.11 Å². The molecule has 0 radical (unpaired) electrons. The van der Waals surface area contributed by atoms with Gasteiger partial charge in [-0.3, -0.25) is 4.90 Å². The van der Waals surface area contributed by atoms with Crippen LogP contribution in [-0.4, -0.2) is 51.8 Å². The second-order valence-electron chi connectivity index (χ2n) is 11.6. The summed E-state index contributed by atoms with van der Waals surface area (Å²) in [4.78, 5) is 15.4. The molecular formula is C30H38N4OS. The van der Waals surface area contributed by atoms with Crippen LogP contribution in [0.4, 0.5) is 5.95 Å². The molecule has 1 aliphatic carbocycles. The van der Waals surface area contributed by atoms with Gasteiger partial charge in [0, 0.05) is 30.8 Å². The van der Waals surface area contributed by atoms with E-state index in [1.54, 1.807) is 11.3 Å². The number of allylic oxidation sites excluding steroid dienone is 1. The minimum absolute atomic E-state index is 0.379. The van der Waals surface area contributed by atoms with Gasteiger partial charge in [-0.25, -0.2) is 9.97 Å². The van der Waals surface area contributed by atoms with Gasteiger partial charge in [0.05, 0.1) is 21.5 Å². The van der Waals surface area contributed by atoms with Gasteiger partial charge < -0.3 is 10.0 Å². The number of benzene rings is 1. The predicted molar refractivity (Wildman–Crippen MR) is 151 cm³/mol. The van der Waals surface area contributed by atoms with Crippen molar-refractivity contribution in [2.24, 2.45) is 5.92 Å². The van der Waals surface area contributed by atoms with Crippen LogP contribution in [0.25, 0.3) is 27.6 Å². The quantitative estimate of drug-likeness (QED) is 0.444. The Hall–Kier alpha value is -2.28. The summed E-state index contributed by atoms with van der Waals surface area (Å²) in [5.41, 5.74) is 8.36. The van der Waals surface area contributed by atoms with Crippen LogP contribution < -0.4 is 4.90 Å². The molecule has 6 rings (SSSR count). The molecule has 2 aromatic heterocycles. The standard InChI is InChI=1S/C30H38N4OS/c1-20-16-21-8-7-9-24(25(21)17-20)27-28-26(31-29(32-27)34-12-5-4-6-13-34)22(19-36-28)18-33-14-10-23(11-15-33)30(2,3)35/h7-9,17,19,23,35H,4-6,10-16,18H2,1-3H3. The zero-order valence-electron chi connectivity index (χ0n) is 21.9. The smallest absolute Gasteiger partial charge is 0.226 e. The van der Waals surface area contributed by atoms with Crippen LogP contribution in [0.1, 0.15) is 69.6 Å². The Labute approximate surface area is 218 Å². The summed E-state index contributed by atoms with van der Waals surface area (Å²) in [6.45, 7) is 11.2. The minimum atomic E-state index is -0.588. The summed E-state index contributed by atoms with van der Waals surface area (Å²) < 4.78 is 1.21. The molecule has 3 aromatic rings. The molecule has 0 atom stereocenters. The second kappa shape index (κ2) is 9.55. The van der Waals surface area contributed by atoms with Crippen LogP contribution >= 0.6 is 11.3 Å². The average Bonchev–Trinajstić information content (AvgIpc) is 3.46. The van der Waals surface area contributed by atoms with E-state index < -0.39 is 5.60 Å². The van der Waals surface area contributed by atoms with Crippen molar-refractivity contribution in [3.8, 4) is 11.3 Å². The maximum Gasteiger partial charge on any atom is 0.226 e. The molecule has 2 aliphatic heterocycles. The van der Waals surface area contributed by atoms with E-state index in [0.29, 0.717) is 5.92 Å². The van der Waals surface area contributed by atoms with Gasteiger partial charge in [0.2, 0.25) is 5.95 Å². The Morgan fingerprint density at radius 2 is 1.83 bits per heavy atom. The highest BCUT2D eigenvalue weighted by Gasteiger charge is 2.31. The molecule has 2 fully saturated rings. The van der Waals surface area contributed by atoms with E-state index in [4.69, 9.17) is 9.97 Å². The molecule has 1 N–H and O–H groups in total. The van der Waals surface area contributed by atoms with E-state index in [0.717, 1.165) is 69.1 Å². The number of aliphatic hydroxyl groups is 1. The Kier molecular flexibility index (Phi) is 6.39. The Balaban J connectivity index is 1.39. The third-order valence-electron chi connectivity index (χ3n) is 8.41. The van der Waals surface area contributed by atoms with Crippen LogP contribution in [0, 0.1) is 5.92 Å². The van der Waals surface area contributed by atoms with Crippen molar-refractivity contribution in [1.29, 1.82) is 0 Å². The number of nitrogens with zero attached hydrogens (tertiary/aromatic N) is 4. The van der Waals surface area contributed by atoms with Crippen LogP contribution in [0.15, 0.2) is 29.2 Å². The van der Waals surface area contributed by atoms with E-state index in [1.165, 1.54) is 51.8 Å². The SMILES string of the molecule is CC1=Cc2c(cccc2-c2nc(N3CCCCC3)nc3c(CN4CCC(C(C)(C)O)CC4)csc23)C1. The fourth-order valence-corrected chi connectivity index (χ4v) is 7.27. The van der Waals surface area contributed by atoms with Gasteiger partial charge in [-0.2, -0.15) is 0 Å². The normalized spacial score (nSPS) is 19.7. The molecule has 1 aromatic carbocycles. The summed E-state index contributed by atoms with van der Waals surface area (Å²) in [5, 5.41) is 12.8. The monoisotopic (exact) mass is 502 g/mol. The van der Waals surface area contributed by atoms with Gasteiger partial charge in [0.1, 0.15) is 0 Å². The van der Waals surface area contributed by atoms with Crippen molar-refractivity contribution in [1.82, 2.24) is 14.9 Å². The van der Waals surface area contributed by atoms with Crippen molar-refractivity contribution >= 4 is 33.6 Å². The zero-order chi connectivity index (χ0) is 24.9. The van der Waals surface area contributed by atoms with Gasteiger partial charge in [0.25, 0.3) is 0 Å². The first-order valence-corrected chi connectivity index (χ1v) is 14.5. The highest BCUT2D eigenvalue weighted by Crippen LogP contribution is 2.40. The number of piperidine rings is 2. The molecule has 6 heteroatoms. The Morgan fingerprint density at radius 1 is 1.06 bits per heavy atom. The number of likely N-dealkylation sites (tertiary alicyclic amines) is 1.